The summed E-state index contributed by atoms with van der Waals surface area (Å²) in [6.45, 7) is 2.77. The zero-order valence-corrected chi connectivity index (χ0v) is 22.9. The second-order valence-corrected chi connectivity index (χ2v) is 9.88. The molecule has 0 bridgehead atoms. The summed E-state index contributed by atoms with van der Waals surface area (Å²) in [7, 11) is 0. The molecule has 0 heterocycles. The van der Waals surface area contributed by atoms with E-state index in [4.69, 9.17) is 21.1 Å². The van der Waals surface area contributed by atoms with Gasteiger partial charge in [0.2, 0.25) is 0 Å². The molecular weight excluding hydrogens is 564 g/mol. The molecule has 0 unspecified atom stereocenters. The zero-order valence-electron chi connectivity index (χ0n) is 20.6. The average Bonchev–Trinajstić information content (AvgIpc) is 2.91. The van der Waals surface area contributed by atoms with E-state index in [1.165, 1.54) is 11.6 Å². The van der Waals surface area contributed by atoms with Crippen molar-refractivity contribution in [3.05, 3.63) is 128 Å². The van der Waals surface area contributed by atoms with Crippen molar-refractivity contribution in [3.8, 4) is 17.6 Å². The van der Waals surface area contributed by atoms with Crippen molar-refractivity contribution < 1.29 is 14.3 Å². The molecular formula is C31H24BrClN2O3. The van der Waals surface area contributed by atoms with Crippen LogP contribution in [-0.2, 0) is 18.0 Å². The molecule has 0 radical (unpaired) electrons. The summed E-state index contributed by atoms with van der Waals surface area (Å²) in [6.07, 6.45) is 1.51. The predicted octanol–water partition coefficient (Wildman–Crippen LogP) is 8.11. The SMILES string of the molecule is Cc1ccc(COc2ccc(NC(=O)/C(C#N)=C/c3cc(Br)ccc3OCc3cccc(Cl)c3)cc2)cc1. The second-order valence-electron chi connectivity index (χ2n) is 8.52. The Bertz CT molecular complexity index is 1490. The molecule has 7 heteroatoms. The van der Waals surface area contributed by atoms with Gasteiger partial charge < -0.3 is 14.8 Å². The fraction of sp³-hybridized carbons (Fsp3) is 0.0968. The lowest BCUT2D eigenvalue weighted by atomic mass is 10.1. The molecule has 0 fully saturated rings. The van der Waals surface area contributed by atoms with Gasteiger partial charge in [-0.05, 0) is 78.7 Å². The number of nitriles is 1. The second kappa shape index (κ2) is 13.0. The van der Waals surface area contributed by atoms with Crippen LogP contribution in [0.4, 0.5) is 5.69 Å². The van der Waals surface area contributed by atoms with Crippen molar-refractivity contribution in [1.82, 2.24) is 0 Å². The Kier molecular flexibility index (Phi) is 9.21. The number of halogens is 2. The van der Waals surface area contributed by atoms with Crippen LogP contribution in [0.5, 0.6) is 11.5 Å². The zero-order chi connectivity index (χ0) is 26.9. The van der Waals surface area contributed by atoms with Gasteiger partial charge in [0.15, 0.2) is 0 Å². The predicted molar refractivity (Wildman–Crippen MR) is 154 cm³/mol. The van der Waals surface area contributed by atoms with Crippen LogP contribution < -0.4 is 14.8 Å². The molecule has 4 rings (SSSR count). The molecule has 0 atom stereocenters. The first-order chi connectivity index (χ1) is 18.4. The van der Waals surface area contributed by atoms with E-state index in [0.717, 1.165) is 15.6 Å². The summed E-state index contributed by atoms with van der Waals surface area (Å²) < 4.78 is 12.6. The van der Waals surface area contributed by atoms with Crippen LogP contribution in [0.1, 0.15) is 22.3 Å². The number of carbonyl (C=O) groups excluding carboxylic acids is 1. The van der Waals surface area contributed by atoms with Crippen LogP contribution in [-0.4, -0.2) is 5.91 Å². The average molecular weight is 588 g/mol. The minimum absolute atomic E-state index is 0.0598. The molecule has 1 N–H and O–H groups in total. The van der Waals surface area contributed by atoms with E-state index < -0.39 is 5.91 Å². The summed E-state index contributed by atoms with van der Waals surface area (Å²) in [5.41, 5.74) is 4.25. The maximum Gasteiger partial charge on any atom is 0.266 e. The van der Waals surface area contributed by atoms with Gasteiger partial charge in [-0.3, -0.25) is 4.79 Å². The monoisotopic (exact) mass is 586 g/mol. The smallest absolute Gasteiger partial charge is 0.266 e. The molecule has 38 heavy (non-hydrogen) atoms. The topological polar surface area (TPSA) is 71.3 Å². The van der Waals surface area contributed by atoms with Crippen molar-refractivity contribution in [2.24, 2.45) is 0 Å². The molecule has 4 aromatic carbocycles. The van der Waals surface area contributed by atoms with E-state index in [0.29, 0.717) is 34.4 Å². The molecule has 0 saturated carbocycles. The Morgan fingerprint density at radius 1 is 0.947 bits per heavy atom. The molecule has 190 valence electrons. The molecule has 0 spiro atoms. The molecule has 0 aliphatic carbocycles. The summed E-state index contributed by atoms with van der Waals surface area (Å²) >= 11 is 9.51. The number of benzene rings is 4. The summed E-state index contributed by atoms with van der Waals surface area (Å²) in [5, 5.41) is 13.1. The highest BCUT2D eigenvalue weighted by Gasteiger charge is 2.12. The van der Waals surface area contributed by atoms with Crippen LogP contribution in [0.2, 0.25) is 5.02 Å². The number of ether oxygens (including phenoxy) is 2. The largest absolute Gasteiger partial charge is 0.489 e. The number of aryl methyl sites for hydroxylation is 1. The van der Waals surface area contributed by atoms with Gasteiger partial charge in [0, 0.05) is 20.7 Å². The molecule has 0 aromatic heterocycles. The van der Waals surface area contributed by atoms with Crippen molar-refractivity contribution in [3.63, 3.8) is 0 Å². The van der Waals surface area contributed by atoms with Crippen molar-refractivity contribution in [2.45, 2.75) is 20.1 Å². The molecule has 0 aliphatic rings. The quantitative estimate of drug-likeness (QED) is 0.159. The minimum atomic E-state index is -0.526. The van der Waals surface area contributed by atoms with Gasteiger partial charge in [0.25, 0.3) is 5.91 Å². The number of rotatable bonds is 9. The van der Waals surface area contributed by atoms with Gasteiger partial charge in [-0.15, -0.1) is 0 Å². The van der Waals surface area contributed by atoms with E-state index in [2.05, 4.69) is 21.2 Å². The van der Waals surface area contributed by atoms with Gasteiger partial charge in [0.05, 0.1) is 0 Å². The highest BCUT2D eigenvalue weighted by Crippen LogP contribution is 2.27. The minimum Gasteiger partial charge on any atom is -0.489 e. The van der Waals surface area contributed by atoms with Crippen LogP contribution in [0, 0.1) is 18.3 Å². The van der Waals surface area contributed by atoms with E-state index in [9.17, 15) is 10.1 Å². The summed E-state index contributed by atoms with van der Waals surface area (Å²) in [5.74, 6) is 0.681. The Balaban J connectivity index is 1.42. The number of nitrogens with one attached hydrogen (secondary N) is 1. The van der Waals surface area contributed by atoms with Gasteiger partial charge >= 0.3 is 0 Å². The maximum absolute atomic E-state index is 12.9. The molecule has 0 saturated heterocycles. The molecule has 0 aliphatic heterocycles. The maximum atomic E-state index is 12.9. The third-order valence-electron chi connectivity index (χ3n) is 5.56. The third-order valence-corrected chi connectivity index (χ3v) is 6.29. The van der Waals surface area contributed by atoms with Gasteiger partial charge in [-0.25, -0.2) is 0 Å². The molecule has 1 amide bonds. The Morgan fingerprint density at radius 3 is 2.39 bits per heavy atom. The first-order valence-corrected chi connectivity index (χ1v) is 12.9. The van der Waals surface area contributed by atoms with Gasteiger partial charge in [0.1, 0.15) is 36.4 Å². The normalized spacial score (nSPS) is 10.9. The Labute approximate surface area is 235 Å². The fourth-order valence-electron chi connectivity index (χ4n) is 3.54. The van der Waals surface area contributed by atoms with Gasteiger partial charge in [-0.1, -0.05) is 69.5 Å². The standard InChI is InChI=1S/C31H24BrClN2O3/c1-21-5-7-22(8-6-21)19-37-29-12-10-28(11-13-29)35-31(36)25(18-34)16-24-17-26(32)9-14-30(24)38-20-23-3-2-4-27(33)15-23/h2-17H,19-20H2,1H3,(H,35,36)/b25-16+. The van der Waals surface area contributed by atoms with Crippen molar-refractivity contribution in [2.75, 3.05) is 5.32 Å². The molecule has 4 aromatic rings. The van der Waals surface area contributed by atoms with Crippen LogP contribution in [0.15, 0.2) is 101 Å². The Hall–Kier alpha value is -4.05. The summed E-state index contributed by atoms with van der Waals surface area (Å²) in [4.78, 5) is 12.9. The summed E-state index contributed by atoms with van der Waals surface area (Å²) in [6, 6.07) is 29.9. The number of nitrogens with zero attached hydrogens (tertiary/aromatic N) is 1. The first-order valence-electron chi connectivity index (χ1n) is 11.8. The van der Waals surface area contributed by atoms with Crippen LogP contribution in [0.25, 0.3) is 6.08 Å². The number of hydrogen-bond donors (Lipinski definition) is 1. The van der Waals surface area contributed by atoms with Crippen LogP contribution in [0.3, 0.4) is 0 Å². The Morgan fingerprint density at radius 2 is 1.68 bits per heavy atom. The number of amides is 1. The van der Waals surface area contributed by atoms with E-state index in [1.54, 1.807) is 42.5 Å². The number of carbonyl (C=O) groups is 1. The lowest BCUT2D eigenvalue weighted by molar-refractivity contribution is -0.112. The lowest BCUT2D eigenvalue weighted by Crippen LogP contribution is -2.13. The van der Waals surface area contributed by atoms with E-state index in [-0.39, 0.29) is 12.2 Å². The molecule has 5 nitrogen and oxygen atoms in total. The lowest BCUT2D eigenvalue weighted by Gasteiger charge is -2.11. The first kappa shape index (κ1) is 27.0. The highest BCUT2D eigenvalue weighted by atomic mass is 79.9. The number of hydrogen-bond acceptors (Lipinski definition) is 4. The fourth-order valence-corrected chi connectivity index (χ4v) is 4.13. The van der Waals surface area contributed by atoms with Crippen molar-refractivity contribution >= 4 is 45.2 Å². The van der Waals surface area contributed by atoms with Gasteiger partial charge in [-0.2, -0.15) is 5.26 Å². The van der Waals surface area contributed by atoms with E-state index >= 15 is 0 Å². The van der Waals surface area contributed by atoms with E-state index in [1.807, 2.05) is 61.5 Å². The van der Waals surface area contributed by atoms with Crippen molar-refractivity contribution in [1.29, 1.82) is 5.26 Å². The third kappa shape index (κ3) is 7.72. The highest BCUT2D eigenvalue weighted by molar-refractivity contribution is 9.10. The number of anilines is 1. The van der Waals surface area contributed by atoms with Crippen LogP contribution >= 0.6 is 27.5 Å².